The molecule has 1 aliphatic rings. The maximum atomic E-state index is 12.2. The van der Waals surface area contributed by atoms with Gasteiger partial charge in [-0.2, -0.15) is 5.10 Å². The van der Waals surface area contributed by atoms with Crippen LogP contribution in [0.2, 0.25) is 0 Å². The van der Waals surface area contributed by atoms with E-state index in [1.165, 1.54) is 11.7 Å². The van der Waals surface area contributed by atoms with Gasteiger partial charge in [-0.3, -0.25) is 9.69 Å². The van der Waals surface area contributed by atoms with Gasteiger partial charge >= 0.3 is 0 Å². The summed E-state index contributed by atoms with van der Waals surface area (Å²) in [5.74, 6) is 0.736. The number of morpholine rings is 1. The normalized spacial score (nSPS) is 14.2. The Morgan fingerprint density at radius 3 is 2.39 bits per heavy atom. The van der Waals surface area contributed by atoms with Crippen LogP contribution in [0.25, 0.3) is 11.0 Å². The van der Waals surface area contributed by atoms with Crippen LogP contribution in [0.5, 0.6) is 0 Å². The summed E-state index contributed by atoms with van der Waals surface area (Å²) in [4.78, 5) is 21.7. The third-order valence-corrected chi connectivity index (χ3v) is 4.46. The van der Waals surface area contributed by atoms with Crippen LogP contribution in [-0.4, -0.2) is 122 Å². The molecule has 28 heavy (non-hydrogen) atoms. The molecule has 1 saturated heterocycles. The van der Waals surface area contributed by atoms with Gasteiger partial charge in [0.2, 0.25) is 0 Å². The Hall–Kier alpha value is -1.15. The molecule has 11 radical (unpaired) electrons. The number of aryl methyl sites for hydroxylation is 1. The standard InChI is InChI=1S/C12H17N5O2.B9/c1-9-14-10-8-13-17(12(18)11(10)15-9)3-2-16-4-6-19-7-5-16;1-6-9(7(2)3)8(4)5/h8H,2-7H2,1H3,(H,14,15);. The number of fused-ring (bicyclic) bond motifs is 1. The summed E-state index contributed by atoms with van der Waals surface area (Å²) in [6.45, 7) is 6.58. The van der Waals surface area contributed by atoms with Crippen molar-refractivity contribution >= 4 is 75.9 Å². The van der Waals surface area contributed by atoms with Gasteiger partial charge in [-0.15, -0.1) is 0 Å². The monoisotopic (exact) mass is 362 g/mol. The molecule has 2 aromatic heterocycles. The van der Waals surface area contributed by atoms with Crippen LogP contribution in [0, 0.1) is 6.92 Å². The second kappa shape index (κ2) is 11.1. The first-order valence-corrected chi connectivity index (χ1v) is 9.13. The van der Waals surface area contributed by atoms with Crippen molar-refractivity contribution in [2.75, 3.05) is 32.8 Å². The number of aromatic nitrogens is 4. The molecular weight excluding hydrogens is 343 g/mol. The third-order valence-electron chi connectivity index (χ3n) is 4.46. The summed E-state index contributed by atoms with van der Waals surface area (Å²) in [6.07, 6.45) is 0.200. The van der Waals surface area contributed by atoms with Crippen molar-refractivity contribution in [3.8, 4) is 0 Å². The summed E-state index contributed by atoms with van der Waals surface area (Å²) in [6, 6.07) is 0. The minimum absolute atomic E-state index is 0.130. The molecule has 0 spiro atoms. The molecule has 7 nitrogen and oxygen atoms in total. The van der Waals surface area contributed by atoms with E-state index in [1.54, 1.807) is 6.20 Å². The molecule has 3 rings (SSSR count). The van der Waals surface area contributed by atoms with E-state index in [0.29, 0.717) is 17.6 Å². The number of nitrogens with zero attached hydrogens (tertiary/aromatic N) is 4. The fourth-order valence-electron chi connectivity index (χ4n) is 2.80. The Kier molecular flexibility index (Phi) is 9.21. The number of hydrogen-bond donors (Lipinski definition) is 1. The van der Waals surface area contributed by atoms with Crippen molar-refractivity contribution in [2.45, 2.75) is 13.5 Å². The molecule has 1 fully saturated rings. The smallest absolute Gasteiger partial charge is 0.294 e. The fourth-order valence-corrected chi connectivity index (χ4v) is 2.80. The van der Waals surface area contributed by atoms with Gasteiger partial charge in [-0.05, 0) is 6.92 Å². The van der Waals surface area contributed by atoms with Crippen molar-refractivity contribution in [3.05, 3.63) is 22.4 Å². The molecule has 1 N–H and O–H groups in total. The maximum absolute atomic E-state index is 12.2. The van der Waals surface area contributed by atoms with Crippen molar-refractivity contribution in [1.29, 1.82) is 0 Å². The van der Waals surface area contributed by atoms with Gasteiger partial charge in [-0.1, -0.05) is 0 Å². The molecule has 0 unspecified atom stereocenters. The van der Waals surface area contributed by atoms with Gasteiger partial charge < -0.3 is 9.72 Å². The molecule has 3 heterocycles. The highest BCUT2D eigenvalue weighted by atomic mass is 16.5. The minimum Gasteiger partial charge on any atom is -0.379 e. The number of hydrogen-bond acceptors (Lipinski definition) is 5. The van der Waals surface area contributed by atoms with Crippen LogP contribution < -0.4 is 5.56 Å². The molecule has 0 saturated carbocycles. The fraction of sp³-hybridized carbons (Fsp3) is 0.583. The molecule has 129 valence electrons. The van der Waals surface area contributed by atoms with Crippen molar-refractivity contribution in [1.82, 2.24) is 24.6 Å². The van der Waals surface area contributed by atoms with E-state index in [2.05, 4.69) is 20.0 Å². The predicted octanol–water partition coefficient (Wildman–Crippen LogP) is -3.67. The Morgan fingerprint density at radius 2 is 1.86 bits per heavy atom. The van der Waals surface area contributed by atoms with Crippen LogP contribution in [-0.2, 0) is 11.3 Å². The minimum atomic E-state index is -0.574. The van der Waals surface area contributed by atoms with Gasteiger partial charge in [0, 0.05) is 84.5 Å². The van der Waals surface area contributed by atoms with E-state index >= 15 is 0 Å². The topological polar surface area (TPSA) is 76.0 Å². The molecule has 0 aliphatic carbocycles. The quantitative estimate of drug-likeness (QED) is 0.537. The average Bonchev–Trinajstić information content (AvgIpc) is 3.04. The molecule has 0 atom stereocenters. The van der Waals surface area contributed by atoms with Crippen LogP contribution in [0.3, 0.4) is 0 Å². The van der Waals surface area contributed by atoms with E-state index in [1.807, 2.05) is 6.92 Å². The number of nitrogens with one attached hydrogen (secondary N) is 1. The maximum Gasteiger partial charge on any atom is 0.294 e. The number of aromatic amines is 1. The Balaban J connectivity index is 0.000000266. The van der Waals surface area contributed by atoms with Crippen LogP contribution in [0.4, 0.5) is 0 Å². The van der Waals surface area contributed by atoms with E-state index in [9.17, 15) is 4.79 Å². The molecule has 1 aliphatic heterocycles. The van der Waals surface area contributed by atoms with Crippen LogP contribution >= 0.6 is 0 Å². The summed E-state index contributed by atoms with van der Waals surface area (Å²) in [5, 5.41) is 4.18. The van der Waals surface area contributed by atoms with E-state index in [4.69, 9.17) is 43.4 Å². The first-order valence-electron chi connectivity index (χ1n) is 9.13. The van der Waals surface area contributed by atoms with Crippen molar-refractivity contribution in [3.63, 3.8) is 0 Å². The third kappa shape index (κ3) is 6.44. The Bertz CT molecular complexity index is 787. The van der Waals surface area contributed by atoms with Crippen molar-refractivity contribution < 1.29 is 4.74 Å². The molecule has 0 aromatic carbocycles. The highest BCUT2D eigenvalue weighted by Gasteiger charge is 2.18. The number of ether oxygens (including phenoxy) is 1. The Morgan fingerprint density at radius 1 is 1.21 bits per heavy atom. The molecule has 0 amide bonds. The summed E-state index contributed by atoms with van der Waals surface area (Å²) in [7, 11) is 27.5. The zero-order valence-corrected chi connectivity index (χ0v) is 16.1. The lowest BCUT2D eigenvalue weighted by atomic mass is 8.64. The SMILES string of the molecule is Cc1nc2c(=O)n(CCN3CCOCC3)ncc2[nH]1.[B][B]B(B([B])[B])B([B])[B]. The van der Waals surface area contributed by atoms with Gasteiger partial charge in [0.25, 0.3) is 5.56 Å². The lowest BCUT2D eigenvalue weighted by molar-refractivity contribution is 0.0358. The lowest BCUT2D eigenvalue weighted by Crippen LogP contribution is -2.55. The summed E-state index contributed by atoms with van der Waals surface area (Å²) < 4.78 is 6.78. The second-order valence-electron chi connectivity index (χ2n) is 6.64. The Labute approximate surface area is 174 Å². The molecular formula is C12H17B9N5O2. The van der Waals surface area contributed by atoms with E-state index < -0.39 is 12.8 Å². The van der Waals surface area contributed by atoms with Gasteiger partial charge in [0.15, 0.2) is 5.52 Å². The molecule has 16 heteroatoms. The van der Waals surface area contributed by atoms with Crippen molar-refractivity contribution in [2.24, 2.45) is 0 Å². The van der Waals surface area contributed by atoms with Crippen LogP contribution in [0.1, 0.15) is 5.82 Å². The van der Waals surface area contributed by atoms with E-state index in [0.717, 1.165) is 38.7 Å². The van der Waals surface area contributed by atoms with Gasteiger partial charge in [-0.25, -0.2) is 9.67 Å². The number of imidazole rings is 1. The number of rotatable bonds is 6. The predicted molar refractivity (Wildman–Crippen MR) is 122 cm³/mol. The van der Waals surface area contributed by atoms with Gasteiger partial charge in [0.1, 0.15) is 5.82 Å². The molecule has 2 aromatic rings. The van der Waals surface area contributed by atoms with E-state index in [-0.39, 0.29) is 11.9 Å². The highest BCUT2D eigenvalue weighted by molar-refractivity contribution is 7.93. The summed E-state index contributed by atoms with van der Waals surface area (Å²) in [5.41, 5.74) is 1.04. The first-order chi connectivity index (χ1) is 13.3. The van der Waals surface area contributed by atoms with Gasteiger partial charge in [0.05, 0.1) is 31.5 Å². The zero-order chi connectivity index (χ0) is 20.7. The summed E-state index contributed by atoms with van der Waals surface area (Å²) >= 11 is 0. The first kappa shape index (κ1) is 23.1. The zero-order valence-electron chi connectivity index (χ0n) is 16.1. The number of H-pyrrole nitrogens is 1. The lowest BCUT2D eigenvalue weighted by Gasteiger charge is -2.26. The average molecular weight is 361 g/mol. The largest absolute Gasteiger partial charge is 0.379 e. The van der Waals surface area contributed by atoms with Crippen LogP contribution in [0.15, 0.2) is 11.0 Å². The highest BCUT2D eigenvalue weighted by Crippen LogP contribution is 2.04. The molecule has 0 bridgehead atoms. The second-order valence-corrected chi connectivity index (χ2v) is 6.64.